The van der Waals surface area contributed by atoms with Gasteiger partial charge >= 0.3 is 6.03 Å². The summed E-state index contributed by atoms with van der Waals surface area (Å²) in [4.78, 5) is 12.1. The average molecular weight is 448 g/mol. The Morgan fingerprint density at radius 2 is 1.73 bits per heavy atom. The quantitative estimate of drug-likeness (QED) is 0.487. The molecule has 2 amide bonds. The van der Waals surface area contributed by atoms with Crippen LogP contribution in [-0.4, -0.2) is 16.2 Å². The number of rotatable bonds is 4. The van der Waals surface area contributed by atoms with Gasteiger partial charge in [-0.3, -0.25) is 5.32 Å². The average Bonchev–Trinajstić information content (AvgIpc) is 3.00. The third-order valence-corrected chi connectivity index (χ3v) is 5.33. The topological polar surface area (TPSA) is 66.9 Å². The van der Waals surface area contributed by atoms with E-state index in [1.165, 1.54) is 11.3 Å². The fourth-order valence-electron chi connectivity index (χ4n) is 2.04. The molecule has 5 nitrogen and oxygen atoms in total. The molecule has 0 aliphatic heterocycles. The van der Waals surface area contributed by atoms with Gasteiger partial charge in [0, 0.05) is 11.4 Å². The Labute approximate surface area is 173 Å². The fraction of sp³-hybridized carbons (Fsp3) is 0.0625. The number of aromatic nitrogens is 2. The van der Waals surface area contributed by atoms with E-state index in [-0.39, 0.29) is 0 Å². The van der Waals surface area contributed by atoms with Crippen molar-refractivity contribution in [2.75, 3.05) is 10.6 Å². The lowest BCUT2D eigenvalue weighted by molar-refractivity contribution is 0.262. The van der Waals surface area contributed by atoms with Crippen LogP contribution in [-0.2, 0) is 6.42 Å². The molecule has 1 aromatic heterocycles. The second kappa shape index (κ2) is 8.41. The molecule has 1 heterocycles. The van der Waals surface area contributed by atoms with Crippen molar-refractivity contribution >= 4 is 74.6 Å². The molecule has 0 atom stereocenters. The summed E-state index contributed by atoms with van der Waals surface area (Å²) in [5.74, 6) is 0. The molecule has 0 aliphatic rings. The molecule has 0 unspecified atom stereocenters. The fourth-order valence-corrected chi connectivity index (χ4v) is 3.59. The molecule has 2 aromatic carbocycles. The summed E-state index contributed by atoms with van der Waals surface area (Å²) in [5, 5.41) is 16.1. The summed E-state index contributed by atoms with van der Waals surface area (Å²) >= 11 is 25.0. The highest BCUT2D eigenvalue weighted by Gasteiger charge is 2.11. The first-order valence-corrected chi connectivity index (χ1v) is 9.53. The number of hydrogen-bond donors (Lipinski definition) is 2. The van der Waals surface area contributed by atoms with Crippen LogP contribution in [0.3, 0.4) is 0 Å². The zero-order valence-electron chi connectivity index (χ0n) is 12.9. The number of nitrogens with zero attached hydrogens (tertiary/aromatic N) is 2. The van der Waals surface area contributed by atoms with Gasteiger partial charge in [-0.2, -0.15) is 0 Å². The van der Waals surface area contributed by atoms with Crippen molar-refractivity contribution in [2.24, 2.45) is 0 Å². The summed E-state index contributed by atoms with van der Waals surface area (Å²) < 4.78 is 0. The molecular weight excluding hydrogens is 438 g/mol. The van der Waals surface area contributed by atoms with Crippen LogP contribution < -0.4 is 10.6 Å². The van der Waals surface area contributed by atoms with Crippen LogP contribution in [0, 0.1) is 0 Å². The van der Waals surface area contributed by atoms with E-state index in [2.05, 4.69) is 20.8 Å². The summed E-state index contributed by atoms with van der Waals surface area (Å²) in [5.41, 5.74) is 1.38. The number of benzene rings is 2. The zero-order valence-corrected chi connectivity index (χ0v) is 16.7. The standard InChI is InChI=1S/C16H10Cl4N4OS/c17-9-2-4-13(12(20)7-9)21-15(25)22-16-24-23-14(26-16)6-8-1-3-10(18)11(19)5-8/h1-5,7H,6H2,(H2,21,22,24,25). The van der Waals surface area contributed by atoms with Crippen LogP contribution in [0.4, 0.5) is 15.6 Å². The number of carbonyl (C=O) groups excluding carboxylic acids is 1. The highest BCUT2D eigenvalue weighted by molar-refractivity contribution is 7.15. The van der Waals surface area contributed by atoms with E-state index in [1.54, 1.807) is 30.3 Å². The van der Waals surface area contributed by atoms with Crippen molar-refractivity contribution in [3.05, 3.63) is 67.1 Å². The second-order valence-corrected chi connectivity index (χ2v) is 7.85. The Morgan fingerprint density at radius 1 is 0.923 bits per heavy atom. The Kier molecular flexibility index (Phi) is 6.21. The second-order valence-electron chi connectivity index (χ2n) is 5.13. The van der Waals surface area contributed by atoms with Gasteiger partial charge < -0.3 is 5.32 Å². The maximum absolute atomic E-state index is 12.1. The molecule has 3 rings (SSSR count). The molecule has 0 radical (unpaired) electrons. The maximum Gasteiger partial charge on any atom is 0.325 e. The number of amides is 2. The van der Waals surface area contributed by atoms with Crippen LogP contribution in [0.15, 0.2) is 36.4 Å². The molecule has 0 spiro atoms. The molecule has 0 saturated carbocycles. The highest BCUT2D eigenvalue weighted by atomic mass is 35.5. The molecule has 134 valence electrons. The van der Waals surface area contributed by atoms with Crippen molar-refractivity contribution in [1.82, 2.24) is 10.2 Å². The van der Waals surface area contributed by atoms with Crippen LogP contribution in [0.2, 0.25) is 20.1 Å². The van der Waals surface area contributed by atoms with Gasteiger partial charge in [0.05, 0.1) is 20.8 Å². The minimum absolute atomic E-state index is 0.338. The number of halogens is 4. The lowest BCUT2D eigenvalue weighted by Gasteiger charge is -2.07. The number of carbonyl (C=O) groups is 1. The van der Waals surface area contributed by atoms with E-state index < -0.39 is 6.03 Å². The molecule has 10 heteroatoms. The number of urea groups is 1. The Balaban J connectivity index is 1.62. The van der Waals surface area contributed by atoms with Crippen LogP contribution in [0.1, 0.15) is 10.6 Å². The molecular formula is C16H10Cl4N4OS. The molecule has 0 aliphatic carbocycles. The number of hydrogen-bond acceptors (Lipinski definition) is 4. The third kappa shape index (κ3) is 4.99. The third-order valence-electron chi connectivity index (χ3n) is 3.21. The van der Waals surface area contributed by atoms with Crippen molar-refractivity contribution in [2.45, 2.75) is 6.42 Å². The normalized spacial score (nSPS) is 10.6. The Bertz CT molecular complexity index is 963. The zero-order chi connectivity index (χ0) is 18.7. The summed E-state index contributed by atoms with van der Waals surface area (Å²) in [7, 11) is 0. The van der Waals surface area contributed by atoms with Crippen LogP contribution in [0.5, 0.6) is 0 Å². The Morgan fingerprint density at radius 3 is 2.46 bits per heavy atom. The summed E-state index contributed by atoms with van der Waals surface area (Å²) in [6.45, 7) is 0. The van der Waals surface area contributed by atoms with E-state index in [4.69, 9.17) is 46.4 Å². The first kappa shape index (κ1) is 19.2. The van der Waals surface area contributed by atoms with Gasteiger partial charge in [0.25, 0.3) is 0 Å². The van der Waals surface area contributed by atoms with Crippen LogP contribution >= 0.6 is 57.7 Å². The van der Waals surface area contributed by atoms with Gasteiger partial charge in [-0.1, -0.05) is 63.8 Å². The molecule has 26 heavy (non-hydrogen) atoms. The van der Waals surface area contributed by atoms with Gasteiger partial charge in [0.15, 0.2) is 0 Å². The van der Waals surface area contributed by atoms with E-state index in [9.17, 15) is 4.79 Å². The first-order valence-electron chi connectivity index (χ1n) is 7.20. The number of anilines is 2. The van der Waals surface area contributed by atoms with E-state index in [0.29, 0.717) is 37.3 Å². The van der Waals surface area contributed by atoms with Crippen LogP contribution in [0.25, 0.3) is 0 Å². The van der Waals surface area contributed by atoms with Crippen molar-refractivity contribution in [3.63, 3.8) is 0 Å². The molecule has 2 N–H and O–H groups in total. The van der Waals surface area contributed by atoms with Gasteiger partial charge in [-0.25, -0.2) is 4.79 Å². The van der Waals surface area contributed by atoms with Gasteiger partial charge in [-0.05, 0) is 35.9 Å². The predicted octanol–water partition coefficient (Wildman–Crippen LogP) is 6.39. The SMILES string of the molecule is O=C(Nc1nnc(Cc2ccc(Cl)c(Cl)c2)s1)Nc1ccc(Cl)cc1Cl. The Hall–Kier alpha value is -1.57. The molecule has 0 bridgehead atoms. The highest BCUT2D eigenvalue weighted by Crippen LogP contribution is 2.27. The monoisotopic (exact) mass is 446 g/mol. The maximum atomic E-state index is 12.1. The smallest absolute Gasteiger partial charge is 0.306 e. The van der Waals surface area contributed by atoms with E-state index in [1.807, 2.05) is 6.07 Å². The predicted molar refractivity (Wildman–Crippen MR) is 108 cm³/mol. The lowest BCUT2D eigenvalue weighted by atomic mass is 10.2. The van der Waals surface area contributed by atoms with Gasteiger partial charge in [0.2, 0.25) is 5.13 Å². The van der Waals surface area contributed by atoms with Crippen molar-refractivity contribution in [3.8, 4) is 0 Å². The largest absolute Gasteiger partial charge is 0.325 e. The molecule has 0 saturated heterocycles. The molecule has 0 fully saturated rings. The summed E-state index contributed by atoms with van der Waals surface area (Å²) in [6, 6.07) is 9.66. The van der Waals surface area contributed by atoms with Crippen molar-refractivity contribution in [1.29, 1.82) is 0 Å². The van der Waals surface area contributed by atoms with E-state index in [0.717, 1.165) is 10.6 Å². The van der Waals surface area contributed by atoms with Gasteiger partial charge in [-0.15, -0.1) is 10.2 Å². The van der Waals surface area contributed by atoms with Gasteiger partial charge in [0.1, 0.15) is 5.01 Å². The lowest BCUT2D eigenvalue weighted by Crippen LogP contribution is -2.19. The molecule has 3 aromatic rings. The summed E-state index contributed by atoms with van der Waals surface area (Å²) in [6.07, 6.45) is 0.529. The van der Waals surface area contributed by atoms with Crippen molar-refractivity contribution < 1.29 is 4.79 Å². The minimum Gasteiger partial charge on any atom is -0.306 e. The first-order chi connectivity index (χ1) is 12.4. The van der Waals surface area contributed by atoms with E-state index >= 15 is 0 Å². The number of nitrogens with one attached hydrogen (secondary N) is 2. The minimum atomic E-state index is -0.480.